The van der Waals surface area contributed by atoms with Crippen molar-refractivity contribution in [3.8, 4) is 5.75 Å². The molecule has 1 aromatic carbocycles. The normalized spacial score (nSPS) is 9.84. The summed E-state index contributed by atoms with van der Waals surface area (Å²) in [6, 6.07) is 4.72. The van der Waals surface area contributed by atoms with Gasteiger partial charge in [0.15, 0.2) is 5.78 Å². The third kappa shape index (κ3) is 4.54. The lowest BCUT2D eigenvalue weighted by Gasteiger charge is -2.11. The molecule has 0 radical (unpaired) electrons. The van der Waals surface area contributed by atoms with Crippen molar-refractivity contribution in [2.45, 2.75) is 27.2 Å². The highest BCUT2D eigenvalue weighted by Crippen LogP contribution is 2.26. The Morgan fingerprint density at radius 3 is 2.42 bits per heavy atom. The summed E-state index contributed by atoms with van der Waals surface area (Å²) < 4.78 is 5.36. The second-order valence-corrected chi connectivity index (χ2v) is 4.13. The second-order valence-electron chi connectivity index (χ2n) is 4.13. The zero-order valence-electron chi connectivity index (χ0n) is 11.3. The van der Waals surface area contributed by atoms with E-state index in [4.69, 9.17) is 4.74 Å². The number of carbonyl (C=O) groups is 3. The quantitative estimate of drug-likeness (QED) is 0.631. The van der Waals surface area contributed by atoms with Gasteiger partial charge in [-0.3, -0.25) is 14.4 Å². The molecule has 0 aromatic heterocycles. The van der Waals surface area contributed by atoms with Gasteiger partial charge in [0.05, 0.1) is 18.7 Å². The second kappa shape index (κ2) is 6.68. The first-order chi connectivity index (χ1) is 8.93. The van der Waals surface area contributed by atoms with Gasteiger partial charge in [-0.2, -0.15) is 0 Å². The lowest BCUT2D eigenvalue weighted by Crippen LogP contribution is -2.10. The van der Waals surface area contributed by atoms with E-state index in [2.05, 4.69) is 5.32 Å². The molecule has 0 saturated heterocycles. The van der Waals surface area contributed by atoms with Crippen molar-refractivity contribution in [1.82, 2.24) is 0 Å². The number of Topliss-reactive ketones (excluding diaryl/α,β-unsaturated/α-hetero) is 2. The van der Waals surface area contributed by atoms with E-state index in [-0.39, 0.29) is 23.9 Å². The molecular weight excluding hydrogens is 246 g/mol. The molecule has 5 heteroatoms. The van der Waals surface area contributed by atoms with Crippen LogP contribution in [0.25, 0.3) is 0 Å². The van der Waals surface area contributed by atoms with Crippen LogP contribution in [0.1, 0.15) is 37.6 Å². The number of hydrogen-bond donors (Lipinski definition) is 1. The van der Waals surface area contributed by atoms with Gasteiger partial charge in [0.1, 0.15) is 11.5 Å². The number of rotatable bonds is 6. The predicted molar refractivity (Wildman–Crippen MR) is 71.5 cm³/mol. The molecule has 0 aliphatic carbocycles. The summed E-state index contributed by atoms with van der Waals surface area (Å²) in [6.07, 6.45) is -0.145. The Morgan fingerprint density at radius 1 is 1.21 bits per heavy atom. The molecule has 0 aliphatic rings. The number of ether oxygens (including phenoxy) is 1. The molecule has 1 amide bonds. The fraction of sp³-hybridized carbons (Fsp3) is 0.357. The summed E-state index contributed by atoms with van der Waals surface area (Å²) in [7, 11) is 0. The number of amides is 1. The Balaban J connectivity index is 3.06. The summed E-state index contributed by atoms with van der Waals surface area (Å²) in [5.74, 6) is -0.226. The Kier molecular flexibility index (Phi) is 5.23. The maximum Gasteiger partial charge on any atom is 0.221 e. The Morgan fingerprint density at radius 2 is 1.89 bits per heavy atom. The van der Waals surface area contributed by atoms with Crippen LogP contribution < -0.4 is 10.1 Å². The molecule has 0 aliphatic heterocycles. The van der Waals surface area contributed by atoms with E-state index >= 15 is 0 Å². The lowest BCUT2D eigenvalue weighted by molar-refractivity contribution is -0.116. The van der Waals surface area contributed by atoms with Gasteiger partial charge in [-0.1, -0.05) is 0 Å². The third-order valence-electron chi connectivity index (χ3n) is 2.32. The number of ketones is 2. The van der Waals surface area contributed by atoms with Gasteiger partial charge in [0, 0.05) is 12.5 Å². The van der Waals surface area contributed by atoms with Crippen LogP contribution in [0.3, 0.4) is 0 Å². The van der Waals surface area contributed by atoms with Crippen LogP contribution in [0.15, 0.2) is 18.2 Å². The van der Waals surface area contributed by atoms with Crippen molar-refractivity contribution in [2.24, 2.45) is 0 Å². The number of nitrogens with one attached hydrogen (secondary N) is 1. The fourth-order valence-electron chi connectivity index (χ4n) is 1.60. The fourth-order valence-corrected chi connectivity index (χ4v) is 1.60. The van der Waals surface area contributed by atoms with Crippen LogP contribution in [0.2, 0.25) is 0 Å². The summed E-state index contributed by atoms with van der Waals surface area (Å²) >= 11 is 0. The van der Waals surface area contributed by atoms with Crippen LogP contribution in [-0.2, 0) is 9.59 Å². The number of hydrogen-bond acceptors (Lipinski definition) is 4. The molecule has 1 rings (SSSR count). The van der Waals surface area contributed by atoms with Gasteiger partial charge >= 0.3 is 0 Å². The van der Waals surface area contributed by atoms with Crippen LogP contribution in [0.5, 0.6) is 5.75 Å². The maximum atomic E-state index is 11.8. The molecule has 0 unspecified atom stereocenters. The van der Waals surface area contributed by atoms with E-state index in [1.54, 1.807) is 12.1 Å². The first-order valence-corrected chi connectivity index (χ1v) is 6.01. The number of anilines is 1. The number of carbonyl (C=O) groups excluding carboxylic acids is 3. The van der Waals surface area contributed by atoms with Gasteiger partial charge in [-0.25, -0.2) is 0 Å². The molecule has 102 valence electrons. The van der Waals surface area contributed by atoms with Gasteiger partial charge in [-0.05, 0) is 32.0 Å². The minimum atomic E-state index is -0.276. The van der Waals surface area contributed by atoms with Gasteiger partial charge in [0.25, 0.3) is 0 Å². The van der Waals surface area contributed by atoms with Crippen molar-refractivity contribution >= 4 is 23.2 Å². The largest absolute Gasteiger partial charge is 0.492 e. The van der Waals surface area contributed by atoms with Crippen molar-refractivity contribution in [3.63, 3.8) is 0 Å². The lowest BCUT2D eigenvalue weighted by atomic mass is 10.1. The van der Waals surface area contributed by atoms with Crippen molar-refractivity contribution in [2.75, 3.05) is 11.9 Å². The van der Waals surface area contributed by atoms with E-state index in [1.165, 1.54) is 19.9 Å². The third-order valence-corrected chi connectivity index (χ3v) is 2.32. The minimum absolute atomic E-state index is 0.145. The molecule has 1 aromatic rings. The van der Waals surface area contributed by atoms with Crippen LogP contribution in [0, 0.1) is 0 Å². The maximum absolute atomic E-state index is 11.8. The number of benzene rings is 1. The van der Waals surface area contributed by atoms with Gasteiger partial charge in [-0.15, -0.1) is 0 Å². The van der Waals surface area contributed by atoms with E-state index < -0.39 is 0 Å². The molecule has 0 heterocycles. The molecule has 0 fully saturated rings. The van der Waals surface area contributed by atoms with Gasteiger partial charge in [0.2, 0.25) is 5.91 Å². The van der Waals surface area contributed by atoms with Crippen LogP contribution >= 0.6 is 0 Å². The average molecular weight is 263 g/mol. The van der Waals surface area contributed by atoms with Crippen LogP contribution in [0.4, 0.5) is 5.69 Å². The first-order valence-electron chi connectivity index (χ1n) is 6.01. The highest BCUT2D eigenvalue weighted by atomic mass is 16.5. The summed E-state index contributed by atoms with van der Waals surface area (Å²) in [5, 5.41) is 2.61. The zero-order valence-corrected chi connectivity index (χ0v) is 11.3. The summed E-state index contributed by atoms with van der Waals surface area (Å²) in [4.78, 5) is 33.9. The Bertz CT molecular complexity index is 508. The zero-order chi connectivity index (χ0) is 14.4. The van der Waals surface area contributed by atoms with E-state index in [1.807, 2.05) is 6.92 Å². The SMILES string of the molecule is CCOc1ccc(C(=O)CC(C)=O)cc1NC(C)=O. The van der Waals surface area contributed by atoms with E-state index in [0.29, 0.717) is 23.6 Å². The van der Waals surface area contributed by atoms with E-state index in [0.717, 1.165) is 0 Å². The highest BCUT2D eigenvalue weighted by molar-refractivity contribution is 6.08. The van der Waals surface area contributed by atoms with Gasteiger partial charge < -0.3 is 10.1 Å². The van der Waals surface area contributed by atoms with Crippen molar-refractivity contribution < 1.29 is 19.1 Å². The highest BCUT2D eigenvalue weighted by Gasteiger charge is 2.13. The van der Waals surface area contributed by atoms with E-state index in [9.17, 15) is 14.4 Å². The summed E-state index contributed by atoms with van der Waals surface area (Å²) in [6.45, 7) is 5.01. The molecule has 0 spiro atoms. The molecule has 0 bridgehead atoms. The molecule has 0 atom stereocenters. The molecule has 1 N–H and O–H groups in total. The average Bonchev–Trinajstić information content (AvgIpc) is 2.30. The molecular formula is C14H17NO4. The smallest absolute Gasteiger partial charge is 0.221 e. The Hall–Kier alpha value is -2.17. The topological polar surface area (TPSA) is 72.5 Å². The van der Waals surface area contributed by atoms with Crippen molar-refractivity contribution in [3.05, 3.63) is 23.8 Å². The Labute approximate surface area is 111 Å². The van der Waals surface area contributed by atoms with Crippen molar-refractivity contribution in [1.29, 1.82) is 0 Å². The molecule has 0 saturated carbocycles. The first kappa shape index (κ1) is 14.9. The van der Waals surface area contributed by atoms with Crippen LogP contribution in [-0.4, -0.2) is 24.1 Å². The molecule has 5 nitrogen and oxygen atoms in total. The predicted octanol–water partition coefficient (Wildman–Crippen LogP) is 2.21. The minimum Gasteiger partial charge on any atom is -0.492 e. The standard InChI is InChI=1S/C14H17NO4/c1-4-19-14-6-5-11(13(18)7-9(2)16)8-12(14)15-10(3)17/h5-6,8H,4,7H2,1-3H3,(H,15,17). The monoisotopic (exact) mass is 263 g/mol. The summed E-state index contributed by atoms with van der Waals surface area (Å²) in [5.41, 5.74) is 0.811. The molecule has 19 heavy (non-hydrogen) atoms.